The Hall–Kier alpha value is -1.56. The molecule has 0 saturated carbocycles. The van der Waals surface area contributed by atoms with Gasteiger partial charge in [-0.05, 0) is 17.5 Å². The first-order valence-corrected chi connectivity index (χ1v) is 9.39. The number of halogens is 1. The SMILES string of the molecule is CCCOS(=O)(=O)C(=NO)C(CF)c1ccc(CO[SH](=O)=O)cc1. The molecule has 0 radical (unpaired) electrons. The van der Waals surface area contributed by atoms with Crippen molar-refractivity contribution in [2.24, 2.45) is 5.16 Å². The maximum atomic E-state index is 13.4. The van der Waals surface area contributed by atoms with E-state index in [-0.39, 0.29) is 18.8 Å². The van der Waals surface area contributed by atoms with Crippen LogP contribution in [0.2, 0.25) is 0 Å². The second-order valence-electron chi connectivity index (χ2n) is 4.66. The maximum Gasteiger partial charge on any atom is 0.314 e. The standard InChI is InChI=1S/C13H18FNO7S2/c1-2-7-22-24(19,20)13(15-16)12(8-14)11-5-3-10(4-6-11)9-21-23(17)18/h3-6,12,16,23H,2,7-9H2,1H3. The monoisotopic (exact) mass is 383 g/mol. The van der Waals surface area contributed by atoms with E-state index in [1.54, 1.807) is 6.92 Å². The van der Waals surface area contributed by atoms with Gasteiger partial charge >= 0.3 is 10.1 Å². The predicted molar refractivity (Wildman–Crippen MR) is 84.6 cm³/mol. The van der Waals surface area contributed by atoms with Crippen molar-refractivity contribution in [3.05, 3.63) is 35.4 Å². The van der Waals surface area contributed by atoms with Crippen molar-refractivity contribution in [3.8, 4) is 0 Å². The highest BCUT2D eigenvalue weighted by molar-refractivity contribution is 8.02. The molecule has 0 fully saturated rings. The number of alkyl halides is 1. The van der Waals surface area contributed by atoms with Crippen molar-refractivity contribution in [1.82, 2.24) is 0 Å². The van der Waals surface area contributed by atoms with E-state index >= 15 is 0 Å². The smallest absolute Gasteiger partial charge is 0.314 e. The normalized spacial score (nSPS) is 14.0. The van der Waals surface area contributed by atoms with Gasteiger partial charge < -0.3 is 5.21 Å². The highest BCUT2D eigenvalue weighted by atomic mass is 32.2. The molecule has 0 aliphatic heterocycles. The van der Waals surface area contributed by atoms with Gasteiger partial charge in [0.1, 0.15) is 6.67 Å². The molecular weight excluding hydrogens is 365 g/mol. The Labute approximate surface area is 141 Å². The Morgan fingerprint density at radius 3 is 2.42 bits per heavy atom. The molecular formula is C13H18FNO7S2. The van der Waals surface area contributed by atoms with Crippen molar-refractivity contribution < 1.29 is 34.8 Å². The average Bonchev–Trinajstić information content (AvgIpc) is 2.56. The molecule has 0 aromatic heterocycles. The molecule has 0 aliphatic carbocycles. The van der Waals surface area contributed by atoms with Gasteiger partial charge in [-0.15, -0.1) is 0 Å². The molecule has 1 aromatic carbocycles. The van der Waals surface area contributed by atoms with Gasteiger partial charge in [0.05, 0.1) is 19.1 Å². The van der Waals surface area contributed by atoms with Crippen molar-refractivity contribution in [2.45, 2.75) is 25.9 Å². The van der Waals surface area contributed by atoms with Crippen molar-refractivity contribution in [3.63, 3.8) is 0 Å². The van der Waals surface area contributed by atoms with E-state index in [0.29, 0.717) is 12.0 Å². The third-order valence-electron chi connectivity index (χ3n) is 2.97. The molecule has 0 spiro atoms. The van der Waals surface area contributed by atoms with Crippen LogP contribution in [-0.4, -0.2) is 40.4 Å². The molecule has 1 aromatic rings. The van der Waals surface area contributed by atoms with Gasteiger partial charge in [0, 0.05) is 0 Å². The van der Waals surface area contributed by atoms with Gasteiger partial charge in [0.2, 0.25) is 5.04 Å². The minimum atomic E-state index is -4.37. The van der Waals surface area contributed by atoms with Crippen LogP contribution >= 0.6 is 0 Å². The number of hydrogen-bond acceptors (Lipinski definition) is 8. The van der Waals surface area contributed by atoms with Crippen molar-refractivity contribution in [1.29, 1.82) is 0 Å². The lowest BCUT2D eigenvalue weighted by molar-refractivity contribution is 0.307. The molecule has 11 heteroatoms. The summed E-state index contributed by atoms with van der Waals surface area (Å²) in [5.74, 6) is -1.34. The van der Waals surface area contributed by atoms with E-state index in [1.807, 2.05) is 0 Å². The number of oxime groups is 1. The summed E-state index contributed by atoms with van der Waals surface area (Å²) in [6, 6.07) is 5.68. The zero-order valence-electron chi connectivity index (χ0n) is 12.8. The topological polar surface area (TPSA) is 119 Å². The molecule has 0 aliphatic rings. The van der Waals surface area contributed by atoms with E-state index in [4.69, 9.17) is 5.21 Å². The first-order valence-electron chi connectivity index (χ1n) is 6.89. The summed E-state index contributed by atoms with van der Waals surface area (Å²) in [7, 11) is -7.36. The fraction of sp³-hybridized carbons (Fsp3) is 0.462. The zero-order chi connectivity index (χ0) is 18.2. The number of hydrogen-bond donors (Lipinski definition) is 2. The summed E-state index contributed by atoms with van der Waals surface area (Å²) < 4.78 is 67.1. The minimum Gasteiger partial charge on any atom is -0.410 e. The molecule has 0 amide bonds. The van der Waals surface area contributed by atoms with Crippen LogP contribution in [0.3, 0.4) is 0 Å². The summed E-state index contributed by atoms with van der Waals surface area (Å²) in [6.07, 6.45) is 0.412. The quantitative estimate of drug-likeness (QED) is 0.165. The molecule has 1 unspecified atom stereocenters. The molecule has 1 rings (SSSR count). The van der Waals surface area contributed by atoms with E-state index in [2.05, 4.69) is 13.5 Å². The van der Waals surface area contributed by atoms with Crippen LogP contribution in [0.25, 0.3) is 0 Å². The molecule has 136 valence electrons. The van der Waals surface area contributed by atoms with Crippen LogP contribution < -0.4 is 0 Å². The lowest BCUT2D eigenvalue weighted by Crippen LogP contribution is -2.26. The molecule has 0 heterocycles. The van der Waals surface area contributed by atoms with Crippen LogP contribution in [-0.2, 0) is 36.1 Å². The fourth-order valence-electron chi connectivity index (χ4n) is 1.82. The van der Waals surface area contributed by atoms with E-state index in [9.17, 15) is 21.2 Å². The Bertz CT molecular complexity index is 721. The summed E-state index contributed by atoms with van der Waals surface area (Å²) >= 11 is 0. The second-order valence-corrected chi connectivity index (χ2v) is 6.93. The van der Waals surface area contributed by atoms with E-state index in [0.717, 1.165) is 0 Å². The van der Waals surface area contributed by atoms with Gasteiger partial charge in [-0.25, -0.2) is 12.8 Å². The van der Waals surface area contributed by atoms with Crippen molar-refractivity contribution >= 4 is 26.1 Å². The number of rotatable bonds is 9. The molecule has 0 bridgehead atoms. The second kappa shape index (κ2) is 9.67. The fourth-order valence-corrected chi connectivity index (χ4v) is 3.23. The van der Waals surface area contributed by atoms with Crippen LogP contribution in [0.15, 0.2) is 29.4 Å². The van der Waals surface area contributed by atoms with Gasteiger partial charge in [-0.2, -0.15) is 8.42 Å². The molecule has 0 saturated heterocycles. The van der Waals surface area contributed by atoms with Gasteiger partial charge in [-0.3, -0.25) is 8.37 Å². The van der Waals surface area contributed by atoms with Gasteiger partial charge in [0.25, 0.3) is 11.0 Å². The van der Waals surface area contributed by atoms with Crippen LogP contribution in [0.1, 0.15) is 30.4 Å². The van der Waals surface area contributed by atoms with E-state index in [1.165, 1.54) is 24.3 Å². The van der Waals surface area contributed by atoms with E-state index < -0.39 is 38.7 Å². The molecule has 24 heavy (non-hydrogen) atoms. The summed E-state index contributed by atoms with van der Waals surface area (Å²) in [4.78, 5) is 0. The Morgan fingerprint density at radius 1 is 1.33 bits per heavy atom. The largest absolute Gasteiger partial charge is 0.410 e. The minimum absolute atomic E-state index is 0.121. The summed E-state index contributed by atoms with van der Waals surface area (Å²) in [5.41, 5.74) is 0.715. The zero-order valence-corrected chi connectivity index (χ0v) is 14.5. The average molecular weight is 383 g/mol. The Kier molecular flexibility index (Phi) is 8.25. The maximum absolute atomic E-state index is 13.4. The highest BCUT2D eigenvalue weighted by Gasteiger charge is 2.31. The number of thiol groups is 1. The van der Waals surface area contributed by atoms with Crippen LogP contribution in [0.4, 0.5) is 4.39 Å². The highest BCUT2D eigenvalue weighted by Crippen LogP contribution is 2.23. The first kappa shape index (κ1) is 20.5. The number of benzene rings is 1. The molecule has 1 N–H and O–H groups in total. The predicted octanol–water partition coefficient (Wildman–Crippen LogP) is 1.33. The Balaban J connectivity index is 3.02. The van der Waals surface area contributed by atoms with Crippen LogP contribution in [0, 0.1) is 0 Å². The third-order valence-corrected chi connectivity index (χ3v) is 4.66. The lowest BCUT2D eigenvalue weighted by Gasteiger charge is -2.15. The first-order chi connectivity index (χ1) is 11.4. The summed E-state index contributed by atoms with van der Waals surface area (Å²) in [6.45, 7) is 0.243. The third kappa shape index (κ3) is 5.82. The number of nitrogens with zero attached hydrogens (tertiary/aromatic N) is 1. The lowest BCUT2D eigenvalue weighted by atomic mass is 10.0. The Morgan fingerprint density at radius 2 is 1.96 bits per heavy atom. The summed E-state index contributed by atoms with van der Waals surface area (Å²) in [5, 5.41) is 10.9. The van der Waals surface area contributed by atoms with Gasteiger partial charge in [0.15, 0.2) is 0 Å². The van der Waals surface area contributed by atoms with Gasteiger partial charge in [-0.1, -0.05) is 36.3 Å². The molecule has 1 atom stereocenters. The van der Waals surface area contributed by atoms with Crippen molar-refractivity contribution in [2.75, 3.05) is 13.3 Å². The molecule has 8 nitrogen and oxygen atoms in total. The van der Waals surface area contributed by atoms with Crippen LogP contribution in [0.5, 0.6) is 0 Å².